The molecule has 20 heavy (non-hydrogen) atoms. The number of hydrogen-bond acceptors (Lipinski definition) is 3. The van der Waals surface area contributed by atoms with E-state index >= 15 is 0 Å². The number of hydrogen-bond donors (Lipinski definition) is 1. The average molecular weight is 285 g/mol. The molecule has 1 aromatic carbocycles. The smallest absolute Gasteiger partial charge is 0.183 e. The van der Waals surface area contributed by atoms with Crippen LogP contribution in [0.5, 0.6) is 0 Å². The van der Waals surface area contributed by atoms with Crippen LogP contribution in [-0.2, 0) is 7.05 Å². The van der Waals surface area contributed by atoms with Gasteiger partial charge in [-0.05, 0) is 32.4 Å². The van der Waals surface area contributed by atoms with E-state index in [1.165, 1.54) is 32.6 Å². The van der Waals surface area contributed by atoms with Crippen molar-refractivity contribution in [2.45, 2.75) is 20.8 Å². The minimum atomic E-state index is 0.973. The lowest BCUT2D eigenvalue weighted by Gasteiger charge is -2.00. The van der Waals surface area contributed by atoms with E-state index in [9.17, 15) is 0 Å². The number of benzene rings is 1. The second-order valence-corrected chi connectivity index (χ2v) is 6.42. The molecule has 0 atom stereocenters. The lowest BCUT2D eigenvalue weighted by molar-refractivity contribution is 0.918. The first-order chi connectivity index (χ1) is 9.52. The number of nitrogens with zero attached hydrogens (tertiary/aromatic N) is 2. The maximum absolute atomic E-state index is 4.74. The second-order valence-electron chi connectivity index (χ2n) is 5.21. The monoisotopic (exact) mass is 285 g/mol. The molecule has 0 aliphatic carbocycles. The topological polar surface area (TPSA) is 29.9 Å². The Balaban J connectivity index is 2.35. The third-order valence-electron chi connectivity index (χ3n) is 3.90. The number of thiazole rings is 1. The highest BCUT2D eigenvalue weighted by molar-refractivity contribution is 7.16. The van der Waals surface area contributed by atoms with Crippen molar-refractivity contribution in [1.29, 1.82) is 0 Å². The van der Waals surface area contributed by atoms with Crippen molar-refractivity contribution < 1.29 is 0 Å². The Morgan fingerprint density at radius 2 is 1.95 bits per heavy atom. The van der Waals surface area contributed by atoms with Gasteiger partial charge in [0, 0.05) is 41.1 Å². The van der Waals surface area contributed by atoms with Gasteiger partial charge >= 0.3 is 0 Å². The highest BCUT2D eigenvalue weighted by Gasteiger charge is 2.18. The summed E-state index contributed by atoms with van der Waals surface area (Å²) in [6.07, 6.45) is 0. The number of nitrogens with one attached hydrogen (secondary N) is 1. The first-order valence-corrected chi connectivity index (χ1v) is 7.55. The van der Waals surface area contributed by atoms with E-state index in [0.29, 0.717) is 0 Å². The zero-order chi connectivity index (χ0) is 14.4. The largest absolute Gasteiger partial charge is 0.365 e. The van der Waals surface area contributed by atoms with Crippen molar-refractivity contribution in [3.63, 3.8) is 0 Å². The molecule has 0 aliphatic rings. The Morgan fingerprint density at radius 1 is 1.20 bits per heavy atom. The molecule has 0 fully saturated rings. The first-order valence-electron chi connectivity index (χ1n) is 6.74. The highest BCUT2D eigenvalue weighted by Crippen LogP contribution is 2.38. The summed E-state index contributed by atoms with van der Waals surface area (Å²) in [5.41, 5.74) is 6.19. The molecule has 4 heteroatoms. The molecule has 3 nitrogen and oxygen atoms in total. The van der Waals surface area contributed by atoms with E-state index < -0.39 is 0 Å². The summed E-state index contributed by atoms with van der Waals surface area (Å²) in [5.74, 6) is 0. The molecule has 2 aromatic heterocycles. The molecule has 0 radical (unpaired) electrons. The number of fused-ring (bicyclic) bond motifs is 1. The molecule has 0 saturated heterocycles. The molecule has 0 spiro atoms. The molecular weight excluding hydrogens is 266 g/mol. The molecule has 1 N–H and O–H groups in total. The Hall–Kier alpha value is -1.81. The minimum Gasteiger partial charge on any atom is -0.365 e. The standard InChI is InChI=1S/C16H19N3S/c1-9-6-7-12-13(8-9)19(5)10(2)14(12)15-11(3)20-16(17-4)18-15/h6-8H,1-5H3,(H,17,18). The lowest BCUT2D eigenvalue weighted by atomic mass is 10.1. The van der Waals surface area contributed by atoms with Gasteiger partial charge in [0.15, 0.2) is 5.13 Å². The Labute approximate surface area is 123 Å². The van der Waals surface area contributed by atoms with E-state index in [1.807, 2.05) is 7.05 Å². The molecule has 3 rings (SSSR count). The predicted molar refractivity (Wildman–Crippen MR) is 87.8 cm³/mol. The van der Waals surface area contributed by atoms with Gasteiger partial charge in [0.25, 0.3) is 0 Å². The first kappa shape index (κ1) is 13.2. The zero-order valence-electron chi connectivity index (χ0n) is 12.5. The van der Waals surface area contributed by atoms with Crippen molar-refractivity contribution in [3.05, 3.63) is 34.3 Å². The molecular formula is C16H19N3S. The normalized spacial score (nSPS) is 11.2. The van der Waals surface area contributed by atoms with Crippen LogP contribution in [0.1, 0.15) is 16.1 Å². The van der Waals surface area contributed by atoms with E-state index in [0.717, 1.165) is 10.8 Å². The van der Waals surface area contributed by atoms with Gasteiger partial charge in [0.05, 0.1) is 5.69 Å². The summed E-state index contributed by atoms with van der Waals surface area (Å²) in [6, 6.07) is 6.63. The van der Waals surface area contributed by atoms with Crippen LogP contribution in [0.25, 0.3) is 22.2 Å². The quantitative estimate of drug-likeness (QED) is 0.762. The summed E-state index contributed by atoms with van der Waals surface area (Å²) in [6.45, 7) is 6.44. The van der Waals surface area contributed by atoms with Crippen LogP contribution in [-0.4, -0.2) is 16.6 Å². The van der Waals surface area contributed by atoms with Crippen LogP contribution < -0.4 is 5.32 Å². The van der Waals surface area contributed by atoms with Crippen molar-refractivity contribution in [2.24, 2.45) is 7.05 Å². The SMILES string of the molecule is CNc1nc(-c2c(C)n(C)c3cc(C)ccc23)c(C)s1. The van der Waals surface area contributed by atoms with Gasteiger partial charge in [0.2, 0.25) is 0 Å². The Morgan fingerprint density at radius 3 is 2.60 bits per heavy atom. The third-order valence-corrected chi connectivity index (χ3v) is 4.88. The highest BCUT2D eigenvalue weighted by atomic mass is 32.1. The van der Waals surface area contributed by atoms with E-state index in [4.69, 9.17) is 4.98 Å². The molecule has 2 heterocycles. The summed E-state index contributed by atoms with van der Waals surface area (Å²) in [5, 5.41) is 5.40. The molecule has 0 bridgehead atoms. The third kappa shape index (κ3) is 1.83. The van der Waals surface area contributed by atoms with E-state index in [1.54, 1.807) is 11.3 Å². The average Bonchev–Trinajstić information content (AvgIpc) is 2.90. The number of aromatic nitrogens is 2. The molecule has 3 aromatic rings. The van der Waals surface area contributed by atoms with Crippen LogP contribution in [0, 0.1) is 20.8 Å². The summed E-state index contributed by atoms with van der Waals surface area (Å²) in [7, 11) is 4.04. The zero-order valence-corrected chi connectivity index (χ0v) is 13.4. The van der Waals surface area contributed by atoms with Gasteiger partial charge in [-0.3, -0.25) is 0 Å². The van der Waals surface area contributed by atoms with Crippen molar-refractivity contribution in [1.82, 2.24) is 9.55 Å². The minimum absolute atomic E-state index is 0.973. The van der Waals surface area contributed by atoms with Gasteiger partial charge in [-0.15, -0.1) is 11.3 Å². The molecule has 104 valence electrons. The van der Waals surface area contributed by atoms with Crippen molar-refractivity contribution in [3.8, 4) is 11.3 Å². The molecule has 0 unspecified atom stereocenters. The van der Waals surface area contributed by atoms with E-state index in [2.05, 4.69) is 55.9 Å². The van der Waals surface area contributed by atoms with Gasteiger partial charge in [0.1, 0.15) is 0 Å². The molecule has 0 amide bonds. The maximum Gasteiger partial charge on any atom is 0.183 e. The number of anilines is 1. The van der Waals surface area contributed by atoms with Gasteiger partial charge < -0.3 is 9.88 Å². The van der Waals surface area contributed by atoms with Crippen molar-refractivity contribution >= 4 is 27.4 Å². The number of aryl methyl sites for hydroxylation is 3. The van der Waals surface area contributed by atoms with Crippen LogP contribution >= 0.6 is 11.3 Å². The van der Waals surface area contributed by atoms with Gasteiger partial charge in [-0.25, -0.2) is 4.98 Å². The Kier molecular flexibility index (Phi) is 3.05. The van der Waals surface area contributed by atoms with Crippen molar-refractivity contribution in [2.75, 3.05) is 12.4 Å². The summed E-state index contributed by atoms with van der Waals surface area (Å²) >= 11 is 1.71. The summed E-state index contributed by atoms with van der Waals surface area (Å²) < 4.78 is 2.26. The maximum atomic E-state index is 4.74. The Bertz CT molecular complexity index is 796. The van der Waals surface area contributed by atoms with Crippen LogP contribution in [0.4, 0.5) is 5.13 Å². The fraction of sp³-hybridized carbons (Fsp3) is 0.312. The fourth-order valence-corrected chi connectivity index (χ4v) is 3.48. The van der Waals surface area contributed by atoms with Gasteiger partial charge in [-0.1, -0.05) is 12.1 Å². The van der Waals surface area contributed by atoms with Crippen LogP contribution in [0.15, 0.2) is 18.2 Å². The van der Waals surface area contributed by atoms with E-state index in [-0.39, 0.29) is 0 Å². The fourth-order valence-electron chi connectivity index (χ4n) is 2.71. The lowest BCUT2D eigenvalue weighted by Crippen LogP contribution is -1.91. The summed E-state index contributed by atoms with van der Waals surface area (Å²) in [4.78, 5) is 5.99. The predicted octanol–water partition coefficient (Wildman–Crippen LogP) is 4.27. The molecule has 0 saturated carbocycles. The second kappa shape index (κ2) is 4.63. The van der Waals surface area contributed by atoms with Crippen LogP contribution in [0.3, 0.4) is 0 Å². The van der Waals surface area contributed by atoms with Gasteiger partial charge in [-0.2, -0.15) is 0 Å². The number of rotatable bonds is 2. The molecule has 0 aliphatic heterocycles. The van der Waals surface area contributed by atoms with Crippen LogP contribution in [0.2, 0.25) is 0 Å².